The van der Waals surface area contributed by atoms with Crippen molar-refractivity contribution >= 4 is 12.4 Å². The lowest BCUT2D eigenvalue weighted by molar-refractivity contribution is 0.463. The first-order chi connectivity index (χ1) is 7.95. The monoisotopic (exact) mass is 253 g/mol. The van der Waals surface area contributed by atoms with Crippen molar-refractivity contribution in [2.75, 3.05) is 6.54 Å². The molecule has 0 radical (unpaired) electrons. The van der Waals surface area contributed by atoms with Crippen LogP contribution in [0.15, 0.2) is 30.3 Å². The SMILES string of the molecule is Cl.c1ccc(CCNC2CCCCCC2)cc1. The summed E-state index contributed by atoms with van der Waals surface area (Å²) in [6, 6.07) is 11.6. The van der Waals surface area contributed by atoms with Crippen LogP contribution in [0.25, 0.3) is 0 Å². The summed E-state index contributed by atoms with van der Waals surface area (Å²) in [5.41, 5.74) is 1.45. The summed E-state index contributed by atoms with van der Waals surface area (Å²) in [5, 5.41) is 3.71. The molecule has 1 N–H and O–H groups in total. The summed E-state index contributed by atoms with van der Waals surface area (Å²) in [4.78, 5) is 0. The molecule has 96 valence electrons. The van der Waals surface area contributed by atoms with Crippen molar-refractivity contribution < 1.29 is 0 Å². The lowest BCUT2D eigenvalue weighted by Crippen LogP contribution is -2.30. The average Bonchev–Trinajstić information content (AvgIpc) is 2.59. The zero-order chi connectivity index (χ0) is 11.1. The Kier molecular flexibility index (Phi) is 7.30. The van der Waals surface area contributed by atoms with E-state index in [4.69, 9.17) is 0 Å². The molecular weight excluding hydrogens is 230 g/mol. The Morgan fingerprint density at radius 2 is 1.59 bits per heavy atom. The Hall–Kier alpha value is -0.530. The predicted molar refractivity (Wildman–Crippen MR) is 76.9 cm³/mol. The molecule has 1 aromatic rings. The van der Waals surface area contributed by atoms with Crippen molar-refractivity contribution in [1.29, 1.82) is 0 Å². The summed E-state index contributed by atoms with van der Waals surface area (Å²) in [6.45, 7) is 1.13. The van der Waals surface area contributed by atoms with E-state index < -0.39 is 0 Å². The summed E-state index contributed by atoms with van der Waals surface area (Å²) in [5.74, 6) is 0. The third-order valence-electron chi connectivity index (χ3n) is 3.54. The van der Waals surface area contributed by atoms with Gasteiger partial charge in [0.2, 0.25) is 0 Å². The Bertz CT molecular complexity index is 278. The Labute approximate surface area is 111 Å². The third kappa shape index (κ3) is 5.56. The molecule has 0 saturated heterocycles. The van der Waals surface area contributed by atoms with E-state index in [1.54, 1.807) is 0 Å². The molecule has 0 aliphatic heterocycles. The minimum absolute atomic E-state index is 0. The lowest BCUT2D eigenvalue weighted by Gasteiger charge is -2.15. The number of halogens is 1. The van der Waals surface area contributed by atoms with Gasteiger partial charge in [0.25, 0.3) is 0 Å². The van der Waals surface area contributed by atoms with Crippen LogP contribution in [0.5, 0.6) is 0 Å². The van der Waals surface area contributed by atoms with Crippen LogP contribution < -0.4 is 5.32 Å². The van der Waals surface area contributed by atoms with Gasteiger partial charge in [0.1, 0.15) is 0 Å². The van der Waals surface area contributed by atoms with Gasteiger partial charge in [-0.3, -0.25) is 0 Å². The minimum Gasteiger partial charge on any atom is -0.314 e. The molecule has 0 amide bonds. The molecule has 2 rings (SSSR count). The molecule has 1 aliphatic rings. The molecule has 0 unspecified atom stereocenters. The molecule has 2 heteroatoms. The smallest absolute Gasteiger partial charge is 0.00671 e. The number of hydrogen-bond acceptors (Lipinski definition) is 1. The van der Waals surface area contributed by atoms with Crippen LogP contribution >= 0.6 is 12.4 Å². The average molecular weight is 254 g/mol. The first-order valence-corrected chi connectivity index (χ1v) is 6.72. The van der Waals surface area contributed by atoms with Crippen molar-refractivity contribution in [3.8, 4) is 0 Å². The molecule has 17 heavy (non-hydrogen) atoms. The second-order valence-corrected chi connectivity index (χ2v) is 4.88. The summed E-state index contributed by atoms with van der Waals surface area (Å²) < 4.78 is 0. The maximum atomic E-state index is 3.71. The first kappa shape index (κ1) is 14.5. The van der Waals surface area contributed by atoms with Gasteiger partial charge in [0.15, 0.2) is 0 Å². The highest BCUT2D eigenvalue weighted by Crippen LogP contribution is 2.17. The standard InChI is InChI=1S/C15H23N.ClH/c1-2-7-11-15(10-6-1)16-13-12-14-8-4-3-5-9-14;/h3-5,8-9,15-16H,1-2,6-7,10-13H2;1H. The van der Waals surface area contributed by atoms with Gasteiger partial charge in [0, 0.05) is 6.04 Å². The van der Waals surface area contributed by atoms with Crippen molar-refractivity contribution in [2.24, 2.45) is 0 Å². The quantitative estimate of drug-likeness (QED) is 0.801. The van der Waals surface area contributed by atoms with Gasteiger partial charge in [0.05, 0.1) is 0 Å². The zero-order valence-corrected chi connectivity index (χ0v) is 11.3. The molecule has 0 heterocycles. The summed E-state index contributed by atoms with van der Waals surface area (Å²) in [6.07, 6.45) is 9.65. The van der Waals surface area contributed by atoms with E-state index in [2.05, 4.69) is 35.6 Å². The molecule has 1 aliphatic carbocycles. The fourth-order valence-electron chi connectivity index (χ4n) is 2.55. The maximum absolute atomic E-state index is 3.71. The molecule has 0 spiro atoms. The molecule has 1 fully saturated rings. The first-order valence-electron chi connectivity index (χ1n) is 6.72. The van der Waals surface area contributed by atoms with Crippen molar-refractivity contribution in [3.63, 3.8) is 0 Å². The molecule has 1 saturated carbocycles. The van der Waals surface area contributed by atoms with Gasteiger partial charge in [-0.05, 0) is 31.4 Å². The van der Waals surface area contributed by atoms with E-state index in [1.165, 1.54) is 44.1 Å². The largest absolute Gasteiger partial charge is 0.314 e. The van der Waals surface area contributed by atoms with Crippen LogP contribution in [-0.4, -0.2) is 12.6 Å². The second kappa shape index (κ2) is 8.54. The van der Waals surface area contributed by atoms with Crippen LogP contribution in [0.1, 0.15) is 44.1 Å². The van der Waals surface area contributed by atoms with E-state index in [9.17, 15) is 0 Å². The fourth-order valence-corrected chi connectivity index (χ4v) is 2.55. The van der Waals surface area contributed by atoms with E-state index in [0.717, 1.165) is 19.0 Å². The van der Waals surface area contributed by atoms with Gasteiger partial charge in [-0.2, -0.15) is 0 Å². The van der Waals surface area contributed by atoms with Gasteiger partial charge >= 0.3 is 0 Å². The topological polar surface area (TPSA) is 12.0 Å². The second-order valence-electron chi connectivity index (χ2n) is 4.88. The fraction of sp³-hybridized carbons (Fsp3) is 0.600. The molecular formula is C15H24ClN. The summed E-state index contributed by atoms with van der Waals surface area (Å²) >= 11 is 0. The molecule has 0 bridgehead atoms. The van der Waals surface area contributed by atoms with Crippen LogP contribution in [0, 0.1) is 0 Å². The Morgan fingerprint density at radius 1 is 0.941 bits per heavy atom. The van der Waals surface area contributed by atoms with Crippen LogP contribution in [0.4, 0.5) is 0 Å². The van der Waals surface area contributed by atoms with E-state index in [1.807, 2.05) is 0 Å². The van der Waals surface area contributed by atoms with Crippen LogP contribution in [0.2, 0.25) is 0 Å². The number of hydrogen-bond donors (Lipinski definition) is 1. The van der Waals surface area contributed by atoms with Crippen LogP contribution in [-0.2, 0) is 6.42 Å². The predicted octanol–water partition coefficient (Wildman–Crippen LogP) is 3.96. The maximum Gasteiger partial charge on any atom is 0.00671 e. The Balaban J connectivity index is 0.00000144. The molecule has 1 nitrogen and oxygen atoms in total. The Morgan fingerprint density at radius 3 is 2.24 bits per heavy atom. The summed E-state index contributed by atoms with van der Waals surface area (Å²) in [7, 11) is 0. The van der Waals surface area contributed by atoms with Crippen molar-refractivity contribution in [2.45, 2.75) is 51.0 Å². The van der Waals surface area contributed by atoms with Crippen molar-refractivity contribution in [1.82, 2.24) is 5.32 Å². The van der Waals surface area contributed by atoms with E-state index in [0.29, 0.717) is 0 Å². The third-order valence-corrected chi connectivity index (χ3v) is 3.54. The van der Waals surface area contributed by atoms with Crippen molar-refractivity contribution in [3.05, 3.63) is 35.9 Å². The number of benzene rings is 1. The molecule has 1 aromatic carbocycles. The highest BCUT2D eigenvalue weighted by molar-refractivity contribution is 5.85. The highest BCUT2D eigenvalue weighted by Gasteiger charge is 2.10. The lowest BCUT2D eigenvalue weighted by atomic mass is 10.1. The van der Waals surface area contributed by atoms with Gasteiger partial charge in [-0.15, -0.1) is 12.4 Å². The number of nitrogens with one attached hydrogen (secondary N) is 1. The zero-order valence-electron chi connectivity index (χ0n) is 10.5. The molecule has 0 atom stereocenters. The van der Waals surface area contributed by atoms with Gasteiger partial charge in [-0.1, -0.05) is 56.0 Å². The van der Waals surface area contributed by atoms with Gasteiger partial charge in [-0.25, -0.2) is 0 Å². The van der Waals surface area contributed by atoms with E-state index >= 15 is 0 Å². The number of rotatable bonds is 4. The normalized spacial score (nSPS) is 17.2. The highest BCUT2D eigenvalue weighted by atomic mass is 35.5. The van der Waals surface area contributed by atoms with Crippen LogP contribution in [0.3, 0.4) is 0 Å². The van der Waals surface area contributed by atoms with E-state index in [-0.39, 0.29) is 12.4 Å². The minimum atomic E-state index is 0. The van der Waals surface area contributed by atoms with Gasteiger partial charge < -0.3 is 5.32 Å². The molecule has 0 aromatic heterocycles.